The fraction of sp³-hybridized carbons (Fsp3) is 0.250. The van der Waals surface area contributed by atoms with E-state index in [4.69, 9.17) is 0 Å². The Labute approximate surface area is 108 Å². The number of carbonyl (C=O) groups is 1. The predicted molar refractivity (Wildman–Crippen MR) is 73.1 cm³/mol. The van der Waals surface area contributed by atoms with Crippen LogP contribution in [0.2, 0.25) is 0 Å². The van der Waals surface area contributed by atoms with Crippen molar-refractivity contribution in [2.75, 3.05) is 0 Å². The van der Waals surface area contributed by atoms with E-state index in [0.29, 0.717) is 5.25 Å². The third-order valence-corrected chi connectivity index (χ3v) is 5.03. The zero-order valence-corrected chi connectivity index (χ0v) is 11.5. The van der Waals surface area contributed by atoms with E-state index < -0.39 is 0 Å². The SMILES string of the molecule is CC(C)Sc1ccc(C(=O)c2cccs2)s1. The Hall–Kier alpha value is -0.580. The van der Waals surface area contributed by atoms with Crippen LogP contribution in [0.25, 0.3) is 0 Å². The van der Waals surface area contributed by atoms with Gasteiger partial charge in [0.05, 0.1) is 14.0 Å². The number of ketones is 1. The van der Waals surface area contributed by atoms with Gasteiger partial charge in [-0.05, 0) is 23.6 Å². The smallest absolute Gasteiger partial charge is 0.212 e. The summed E-state index contributed by atoms with van der Waals surface area (Å²) in [5, 5.41) is 2.49. The summed E-state index contributed by atoms with van der Waals surface area (Å²) >= 11 is 4.89. The van der Waals surface area contributed by atoms with Crippen LogP contribution in [-0.2, 0) is 0 Å². The summed E-state index contributed by atoms with van der Waals surface area (Å²) in [6.45, 7) is 4.32. The molecule has 0 saturated heterocycles. The summed E-state index contributed by atoms with van der Waals surface area (Å²) < 4.78 is 1.22. The van der Waals surface area contributed by atoms with Gasteiger partial charge in [-0.1, -0.05) is 19.9 Å². The van der Waals surface area contributed by atoms with Gasteiger partial charge in [-0.3, -0.25) is 4.79 Å². The molecule has 0 aliphatic carbocycles. The molecule has 0 saturated carbocycles. The Morgan fingerprint density at radius 1 is 1.25 bits per heavy atom. The van der Waals surface area contributed by atoms with Gasteiger partial charge in [0.2, 0.25) is 5.78 Å². The van der Waals surface area contributed by atoms with E-state index in [2.05, 4.69) is 13.8 Å². The first kappa shape index (κ1) is 11.9. The number of hydrogen-bond acceptors (Lipinski definition) is 4. The van der Waals surface area contributed by atoms with Crippen molar-refractivity contribution < 1.29 is 4.79 Å². The summed E-state index contributed by atoms with van der Waals surface area (Å²) in [7, 11) is 0. The van der Waals surface area contributed by atoms with Crippen LogP contribution in [0.5, 0.6) is 0 Å². The molecule has 0 amide bonds. The van der Waals surface area contributed by atoms with E-state index in [-0.39, 0.29) is 5.78 Å². The van der Waals surface area contributed by atoms with Crippen molar-refractivity contribution in [3.8, 4) is 0 Å². The molecule has 4 heteroatoms. The molecule has 84 valence electrons. The lowest BCUT2D eigenvalue weighted by atomic mass is 10.3. The third kappa shape index (κ3) is 2.75. The van der Waals surface area contributed by atoms with Gasteiger partial charge in [0, 0.05) is 5.25 Å². The molecule has 0 fully saturated rings. The van der Waals surface area contributed by atoms with Crippen molar-refractivity contribution in [3.05, 3.63) is 39.4 Å². The topological polar surface area (TPSA) is 17.1 Å². The summed E-state index contributed by atoms with van der Waals surface area (Å²) in [5.41, 5.74) is 0. The van der Waals surface area contributed by atoms with Gasteiger partial charge in [0.1, 0.15) is 0 Å². The summed E-state index contributed by atoms with van der Waals surface area (Å²) in [4.78, 5) is 13.7. The zero-order valence-electron chi connectivity index (χ0n) is 9.10. The van der Waals surface area contributed by atoms with Crippen molar-refractivity contribution in [3.63, 3.8) is 0 Å². The van der Waals surface area contributed by atoms with Crippen molar-refractivity contribution in [2.24, 2.45) is 0 Å². The third-order valence-electron chi connectivity index (χ3n) is 1.90. The molecule has 0 unspecified atom stereocenters. The Kier molecular flexibility index (Phi) is 3.84. The number of carbonyl (C=O) groups excluding carboxylic acids is 1. The van der Waals surface area contributed by atoms with Gasteiger partial charge in [-0.25, -0.2) is 0 Å². The second-order valence-electron chi connectivity index (χ2n) is 3.59. The molecular formula is C12H12OS3. The first-order valence-corrected chi connectivity index (χ1v) is 7.59. The predicted octanol–water partition coefficient (Wildman–Crippen LogP) is 4.54. The molecule has 0 aliphatic heterocycles. The highest BCUT2D eigenvalue weighted by molar-refractivity contribution is 8.01. The van der Waals surface area contributed by atoms with Crippen molar-refractivity contribution in [2.45, 2.75) is 23.3 Å². The van der Waals surface area contributed by atoms with E-state index in [1.54, 1.807) is 23.1 Å². The fourth-order valence-corrected chi connectivity index (χ4v) is 4.35. The number of thiophene rings is 2. The van der Waals surface area contributed by atoms with Crippen LogP contribution in [0.15, 0.2) is 33.9 Å². The van der Waals surface area contributed by atoms with Crippen LogP contribution in [0.1, 0.15) is 28.4 Å². The van der Waals surface area contributed by atoms with Gasteiger partial charge in [-0.2, -0.15) is 0 Å². The highest BCUT2D eigenvalue weighted by Gasteiger charge is 2.13. The maximum absolute atomic E-state index is 12.0. The minimum atomic E-state index is 0.149. The molecule has 0 atom stereocenters. The standard InChI is InChI=1S/C12H12OS3/c1-8(2)15-11-6-5-10(16-11)12(13)9-4-3-7-14-9/h3-8H,1-2H3. The van der Waals surface area contributed by atoms with Crippen LogP contribution in [0.3, 0.4) is 0 Å². The maximum atomic E-state index is 12.0. The van der Waals surface area contributed by atoms with Gasteiger partial charge < -0.3 is 0 Å². The lowest BCUT2D eigenvalue weighted by molar-refractivity contribution is 0.104. The summed E-state index contributed by atoms with van der Waals surface area (Å²) in [6.07, 6.45) is 0. The minimum Gasteiger partial charge on any atom is -0.287 e. The monoisotopic (exact) mass is 268 g/mol. The second-order valence-corrected chi connectivity index (χ2v) is 7.50. The average Bonchev–Trinajstić information content (AvgIpc) is 2.84. The largest absolute Gasteiger partial charge is 0.287 e. The lowest BCUT2D eigenvalue weighted by Gasteiger charge is -1.99. The van der Waals surface area contributed by atoms with Crippen molar-refractivity contribution >= 4 is 40.2 Å². The van der Waals surface area contributed by atoms with E-state index in [1.165, 1.54) is 15.5 Å². The van der Waals surface area contributed by atoms with Crippen LogP contribution in [0, 0.1) is 0 Å². The molecule has 2 aromatic heterocycles. The van der Waals surface area contributed by atoms with Gasteiger partial charge in [0.15, 0.2) is 0 Å². The van der Waals surface area contributed by atoms with Crippen molar-refractivity contribution in [1.29, 1.82) is 0 Å². The Balaban J connectivity index is 2.16. The molecule has 2 rings (SSSR count). The Bertz CT molecular complexity index is 468. The van der Waals surface area contributed by atoms with Crippen molar-refractivity contribution in [1.82, 2.24) is 0 Å². The molecule has 0 aliphatic rings. The molecule has 0 spiro atoms. The van der Waals surface area contributed by atoms with Crippen LogP contribution < -0.4 is 0 Å². The molecule has 0 radical (unpaired) electrons. The maximum Gasteiger partial charge on any atom is 0.212 e. The van der Waals surface area contributed by atoms with Crippen LogP contribution in [-0.4, -0.2) is 11.0 Å². The first-order valence-electron chi connectivity index (χ1n) is 5.01. The van der Waals surface area contributed by atoms with E-state index in [0.717, 1.165) is 9.75 Å². The molecule has 2 heterocycles. The Morgan fingerprint density at radius 2 is 2.06 bits per heavy atom. The van der Waals surface area contributed by atoms with Crippen LogP contribution >= 0.6 is 34.4 Å². The molecule has 16 heavy (non-hydrogen) atoms. The molecular weight excluding hydrogens is 256 g/mol. The lowest BCUT2D eigenvalue weighted by Crippen LogP contribution is -1.93. The first-order chi connectivity index (χ1) is 7.66. The van der Waals surface area contributed by atoms with Gasteiger partial charge in [-0.15, -0.1) is 34.4 Å². The number of thioether (sulfide) groups is 1. The summed E-state index contributed by atoms with van der Waals surface area (Å²) in [6, 6.07) is 7.75. The van der Waals surface area contributed by atoms with E-state index in [1.807, 2.05) is 29.6 Å². The molecule has 0 N–H and O–H groups in total. The highest BCUT2D eigenvalue weighted by atomic mass is 32.2. The fourth-order valence-electron chi connectivity index (χ4n) is 1.27. The van der Waals surface area contributed by atoms with Gasteiger partial charge >= 0.3 is 0 Å². The second kappa shape index (κ2) is 5.17. The number of rotatable bonds is 4. The minimum absolute atomic E-state index is 0.149. The van der Waals surface area contributed by atoms with Crippen LogP contribution in [0.4, 0.5) is 0 Å². The highest BCUT2D eigenvalue weighted by Crippen LogP contribution is 2.31. The number of hydrogen-bond donors (Lipinski definition) is 0. The molecule has 2 aromatic rings. The zero-order chi connectivity index (χ0) is 11.5. The Morgan fingerprint density at radius 3 is 2.69 bits per heavy atom. The molecule has 0 bridgehead atoms. The molecule has 1 nitrogen and oxygen atoms in total. The molecule has 0 aromatic carbocycles. The van der Waals surface area contributed by atoms with E-state index >= 15 is 0 Å². The summed E-state index contributed by atoms with van der Waals surface area (Å²) in [5.74, 6) is 0.149. The van der Waals surface area contributed by atoms with Gasteiger partial charge in [0.25, 0.3) is 0 Å². The quantitative estimate of drug-likeness (QED) is 0.598. The normalized spacial score (nSPS) is 10.9. The van der Waals surface area contributed by atoms with E-state index in [9.17, 15) is 4.79 Å². The average molecular weight is 268 g/mol.